The Labute approximate surface area is 128 Å². The van der Waals surface area contributed by atoms with Crippen molar-refractivity contribution in [2.45, 2.75) is 45.6 Å². The molecule has 0 bridgehead atoms. The first-order valence-electron chi connectivity index (χ1n) is 8.23. The van der Waals surface area contributed by atoms with Crippen LogP contribution in [-0.4, -0.2) is 42.4 Å². The maximum absolute atomic E-state index is 9.64. The van der Waals surface area contributed by atoms with Gasteiger partial charge in [-0.25, -0.2) is 4.98 Å². The second-order valence-corrected chi connectivity index (χ2v) is 6.20. The predicted molar refractivity (Wildman–Crippen MR) is 87.6 cm³/mol. The molecule has 4 nitrogen and oxygen atoms in total. The van der Waals surface area contributed by atoms with Gasteiger partial charge in [0.2, 0.25) is 0 Å². The number of nitrogens with one attached hydrogen (secondary N) is 1. The standard InChI is InChI=1S/C17H29N3O/c1-3-17(4-2,14-21)13-19-15-8-11-20(12-9-15)16-7-5-6-10-18-16/h5-7,10,15,19,21H,3-4,8-9,11-14H2,1-2H3. The summed E-state index contributed by atoms with van der Waals surface area (Å²) >= 11 is 0. The molecule has 0 atom stereocenters. The number of aromatic nitrogens is 1. The molecule has 2 heterocycles. The molecule has 0 saturated carbocycles. The van der Waals surface area contributed by atoms with E-state index in [-0.39, 0.29) is 12.0 Å². The Kier molecular flexibility index (Phi) is 6.00. The Balaban J connectivity index is 1.79. The summed E-state index contributed by atoms with van der Waals surface area (Å²) in [6.45, 7) is 7.65. The minimum atomic E-state index is 0.0537. The van der Waals surface area contributed by atoms with E-state index in [0.29, 0.717) is 6.04 Å². The maximum Gasteiger partial charge on any atom is 0.128 e. The molecule has 118 valence electrons. The second-order valence-electron chi connectivity index (χ2n) is 6.20. The van der Waals surface area contributed by atoms with Gasteiger partial charge in [-0.3, -0.25) is 0 Å². The van der Waals surface area contributed by atoms with E-state index >= 15 is 0 Å². The molecular weight excluding hydrogens is 262 g/mol. The molecular formula is C17H29N3O. The summed E-state index contributed by atoms with van der Waals surface area (Å²) in [7, 11) is 0. The van der Waals surface area contributed by atoms with Gasteiger partial charge in [-0.2, -0.15) is 0 Å². The molecule has 1 aliphatic heterocycles. The minimum Gasteiger partial charge on any atom is -0.396 e. The topological polar surface area (TPSA) is 48.4 Å². The molecule has 1 aromatic rings. The highest BCUT2D eigenvalue weighted by Gasteiger charge is 2.27. The van der Waals surface area contributed by atoms with E-state index < -0.39 is 0 Å². The highest BCUT2D eigenvalue weighted by atomic mass is 16.3. The lowest BCUT2D eigenvalue weighted by Crippen LogP contribution is -2.47. The quantitative estimate of drug-likeness (QED) is 0.810. The summed E-state index contributed by atoms with van der Waals surface area (Å²) in [5.41, 5.74) is 0.0537. The molecule has 1 fully saturated rings. The van der Waals surface area contributed by atoms with E-state index in [9.17, 15) is 5.11 Å². The van der Waals surface area contributed by atoms with Crippen LogP contribution in [0.2, 0.25) is 0 Å². The zero-order valence-corrected chi connectivity index (χ0v) is 13.4. The van der Waals surface area contributed by atoms with Gasteiger partial charge in [0.15, 0.2) is 0 Å². The highest BCUT2D eigenvalue weighted by Crippen LogP contribution is 2.25. The third kappa shape index (κ3) is 4.17. The van der Waals surface area contributed by atoms with Crippen LogP contribution in [0.5, 0.6) is 0 Å². The van der Waals surface area contributed by atoms with Crippen molar-refractivity contribution in [3.63, 3.8) is 0 Å². The van der Waals surface area contributed by atoms with Gasteiger partial charge >= 0.3 is 0 Å². The fraction of sp³-hybridized carbons (Fsp3) is 0.706. The van der Waals surface area contributed by atoms with E-state index in [1.165, 1.54) is 0 Å². The number of piperidine rings is 1. The number of pyridine rings is 1. The van der Waals surface area contributed by atoms with Crippen molar-refractivity contribution in [3.8, 4) is 0 Å². The Morgan fingerprint density at radius 2 is 2.00 bits per heavy atom. The van der Waals surface area contributed by atoms with Gasteiger partial charge in [-0.15, -0.1) is 0 Å². The zero-order valence-electron chi connectivity index (χ0n) is 13.4. The van der Waals surface area contributed by atoms with Crippen LogP contribution in [0.15, 0.2) is 24.4 Å². The fourth-order valence-corrected chi connectivity index (χ4v) is 2.99. The van der Waals surface area contributed by atoms with Gasteiger partial charge in [0.25, 0.3) is 0 Å². The second kappa shape index (κ2) is 7.76. The molecule has 4 heteroatoms. The van der Waals surface area contributed by atoms with Crippen molar-refractivity contribution in [1.29, 1.82) is 0 Å². The Hall–Kier alpha value is -1.13. The number of anilines is 1. The predicted octanol–water partition coefficient (Wildman–Crippen LogP) is 2.44. The number of hydrogen-bond donors (Lipinski definition) is 2. The van der Waals surface area contributed by atoms with E-state index in [0.717, 1.165) is 51.1 Å². The molecule has 0 unspecified atom stereocenters. The molecule has 0 aromatic carbocycles. The minimum absolute atomic E-state index is 0.0537. The molecule has 0 amide bonds. The van der Waals surface area contributed by atoms with Gasteiger partial charge < -0.3 is 15.3 Å². The van der Waals surface area contributed by atoms with Gasteiger partial charge in [-0.1, -0.05) is 19.9 Å². The van der Waals surface area contributed by atoms with Crippen LogP contribution >= 0.6 is 0 Å². The molecule has 0 radical (unpaired) electrons. The van der Waals surface area contributed by atoms with E-state index in [2.05, 4.69) is 35.1 Å². The van der Waals surface area contributed by atoms with Crippen molar-refractivity contribution in [2.24, 2.45) is 5.41 Å². The van der Waals surface area contributed by atoms with Crippen LogP contribution in [0.3, 0.4) is 0 Å². The lowest BCUT2D eigenvalue weighted by Gasteiger charge is -2.36. The monoisotopic (exact) mass is 291 g/mol. The molecule has 2 N–H and O–H groups in total. The summed E-state index contributed by atoms with van der Waals surface area (Å²) in [6.07, 6.45) is 6.20. The van der Waals surface area contributed by atoms with Crippen LogP contribution in [0.4, 0.5) is 5.82 Å². The average Bonchev–Trinajstić information content (AvgIpc) is 2.58. The van der Waals surface area contributed by atoms with Crippen molar-refractivity contribution in [2.75, 3.05) is 31.1 Å². The lowest BCUT2D eigenvalue weighted by atomic mass is 9.83. The summed E-state index contributed by atoms with van der Waals surface area (Å²) in [4.78, 5) is 6.78. The molecule has 0 spiro atoms. The maximum atomic E-state index is 9.64. The number of hydrogen-bond acceptors (Lipinski definition) is 4. The average molecular weight is 291 g/mol. The van der Waals surface area contributed by atoms with Crippen molar-refractivity contribution < 1.29 is 5.11 Å². The lowest BCUT2D eigenvalue weighted by molar-refractivity contribution is 0.108. The van der Waals surface area contributed by atoms with Crippen LogP contribution in [0, 0.1) is 5.41 Å². The Morgan fingerprint density at radius 3 is 2.52 bits per heavy atom. The van der Waals surface area contributed by atoms with Crippen LogP contribution in [0.25, 0.3) is 0 Å². The number of nitrogens with zero attached hydrogens (tertiary/aromatic N) is 2. The third-order valence-corrected chi connectivity index (χ3v) is 5.07. The third-order valence-electron chi connectivity index (χ3n) is 5.07. The first kappa shape index (κ1) is 16.2. The van der Waals surface area contributed by atoms with E-state index in [4.69, 9.17) is 0 Å². The van der Waals surface area contributed by atoms with Crippen LogP contribution in [0.1, 0.15) is 39.5 Å². The number of rotatable bonds is 7. The molecule has 1 aromatic heterocycles. The zero-order chi connectivity index (χ0) is 15.1. The molecule has 1 aliphatic rings. The van der Waals surface area contributed by atoms with Crippen LogP contribution < -0.4 is 10.2 Å². The summed E-state index contributed by atoms with van der Waals surface area (Å²) in [5, 5.41) is 13.3. The highest BCUT2D eigenvalue weighted by molar-refractivity contribution is 5.38. The largest absolute Gasteiger partial charge is 0.396 e. The summed E-state index contributed by atoms with van der Waals surface area (Å²) in [6, 6.07) is 6.65. The first-order valence-corrected chi connectivity index (χ1v) is 8.23. The summed E-state index contributed by atoms with van der Waals surface area (Å²) < 4.78 is 0. The van der Waals surface area contributed by atoms with Gasteiger partial charge in [0.1, 0.15) is 5.82 Å². The van der Waals surface area contributed by atoms with E-state index in [1.807, 2.05) is 18.3 Å². The Bertz CT molecular complexity index is 389. The van der Waals surface area contributed by atoms with Gasteiger partial charge in [-0.05, 0) is 37.8 Å². The smallest absolute Gasteiger partial charge is 0.128 e. The molecule has 0 aliphatic carbocycles. The van der Waals surface area contributed by atoms with Crippen LogP contribution in [-0.2, 0) is 0 Å². The number of aliphatic hydroxyl groups excluding tert-OH is 1. The summed E-state index contributed by atoms with van der Waals surface area (Å²) in [5.74, 6) is 1.09. The molecule has 1 saturated heterocycles. The molecule has 2 rings (SSSR count). The number of aliphatic hydroxyl groups is 1. The SMILES string of the molecule is CCC(CC)(CO)CNC1CCN(c2ccccn2)CC1. The molecule has 21 heavy (non-hydrogen) atoms. The first-order chi connectivity index (χ1) is 10.2. The van der Waals surface area contributed by atoms with Crippen molar-refractivity contribution in [1.82, 2.24) is 10.3 Å². The fourth-order valence-electron chi connectivity index (χ4n) is 2.99. The Morgan fingerprint density at radius 1 is 1.29 bits per heavy atom. The van der Waals surface area contributed by atoms with Gasteiger partial charge in [0, 0.05) is 43.9 Å². The van der Waals surface area contributed by atoms with Crippen molar-refractivity contribution >= 4 is 5.82 Å². The van der Waals surface area contributed by atoms with Gasteiger partial charge in [0.05, 0.1) is 0 Å². The normalized spacial score (nSPS) is 17.2. The van der Waals surface area contributed by atoms with E-state index in [1.54, 1.807) is 0 Å². The van der Waals surface area contributed by atoms with Crippen molar-refractivity contribution in [3.05, 3.63) is 24.4 Å².